The van der Waals surface area contributed by atoms with Gasteiger partial charge in [-0.05, 0) is 75.8 Å². The van der Waals surface area contributed by atoms with Gasteiger partial charge in [-0.2, -0.15) is 0 Å². The van der Waals surface area contributed by atoms with Crippen LogP contribution < -0.4 is 15.4 Å². The predicted octanol–water partition coefficient (Wildman–Crippen LogP) is 2.60. The van der Waals surface area contributed by atoms with Gasteiger partial charge >= 0.3 is 0 Å². The summed E-state index contributed by atoms with van der Waals surface area (Å²) in [5.74, 6) is 0.696. The lowest BCUT2D eigenvalue weighted by molar-refractivity contribution is -0.134. The zero-order valence-electron chi connectivity index (χ0n) is 16.9. The van der Waals surface area contributed by atoms with Crippen molar-refractivity contribution in [1.82, 2.24) is 15.5 Å². The van der Waals surface area contributed by atoms with Crippen LogP contribution in [0.15, 0.2) is 12.1 Å². The molecule has 2 amide bonds. The zero-order valence-corrected chi connectivity index (χ0v) is 17.7. The average Bonchev–Trinajstić information content (AvgIpc) is 2.68. The lowest BCUT2D eigenvalue weighted by atomic mass is 10.0. The number of halogens is 1. The van der Waals surface area contributed by atoms with Crippen LogP contribution in [-0.2, 0) is 4.79 Å². The normalized spacial score (nSPS) is 19.5. The lowest BCUT2D eigenvalue weighted by Crippen LogP contribution is -2.45. The van der Waals surface area contributed by atoms with Crippen molar-refractivity contribution in [3.63, 3.8) is 0 Å². The zero-order chi connectivity index (χ0) is 19.2. The first-order valence-corrected chi connectivity index (χ1v) is 10.1. The molecule has 2 aliphatic heterocycles. The topological polar surface area (TPSA) is 70.7 Å². The number of carbonyl (C=O) groups excluding carboxylic acids is 2. The molecule has 1 unspecified atom stereocenters. The van der Waals surface area contributed by atoms with Crippen LogP contribution in [0.3, 0.4) is 0 Å². The molecule has 0 spiro atoms. The maximum absolute atomic E-state index is 12.6. The molecule has 1 aromatic rings. The maximum atomic E-state index is 12.6. The lowest BCUT2D eigenvalue weighted by Gasteiger charge is -2.27. The molecule has 6 nitrogen and oxygen atoms in total. The summed E-state index contributed by atoms with van der Waals surface area (Å²) in [6.45, 7) is 7.40. The molecule has 156 valence electrons. The number of rotatable bonds is 5. The van der Waals surface area contributed by atoms with Crippen LogP contribution in [0.5, 0.6) is 5.75 Å². The molecule has 1 aromatic carbocycles. The van der Waals surface area contributed by atoms with E-state index in [4.69, 9.17) is 4.74 Å². The Bertz CT molecular complexity index is 660. The van der Waals surface area contributed by atoms with Crippen LogP contribution in [0.25, 0.3) is 0 Å². The standard InChI is InChI=1S/C21H31N3O3.ClH/c1-15-11-17(21(26)23-18-7-6-8-22-13-18)12-16(2)20(15)27-14-19(25)24-9-4-3-5-10-24;/h11-12,18,22H,3-10,13-14H2,1-2H3,(H,23,26);1H. The van der Waals surface area contributed by atoms with Gasteiger partial charge in [0.1, 0.15) is 5.75 Å². The fourth-order valence-corrected chi connectivity index (χ4v) is 3.92. The van der Waals surface area contributed by atoms with E-state index in [9.17, 15) is 9.59 Å². The van der Waals surface area contributed by atoms with Crippen LogP contribution in [0.1, 0.15) is 53.6 Å². The Hall–Kier alpha value is -1.79. The Balaban J connectivity index is 0.00000280. The minimum absolute atomic E-state index is 0. The third-order valence-corrected chi connectivity index (χ3v) is 5.40. The van der Waals surface area contributed by atoms with E-state index < -0.39 is 0 Å². The minimum Gasteiger partial charge on any atom is -0.483 e. The van der Waals surface area contributed by atoms with Crippen molar-refractivity contribution >= 4 is 24.2 Å². The van der Waals surface area contributed by atoms with Crippen molar-refractivity contribution in [3.8, 4) is 5.75 Å². The van der Waals surface area contributed by atoms with Crippen LogP contribution in [-0.4, -0.2) is 55.5 Å². The molecule has 2 heterocycles. The van der Waals surface area contributed by atoms with E-state index in [0.29, 0.717) is 11.3 Å². The van der Waals surface area contributed by atoms with Crippen molar-refractivity contribution in [2.24, 2.45) is 0 Å². The molecule has 2 aliphatic rings. The number of nitrogens with one attached hydrogen (secondary N) is 2. The molecule has 2 fully saturated rings. The van der Waals surface area contributed by atoms with Crippen molar-refractivity contribution in [2.45, 2.75) is 52.0 Å². The molecule has 3 rings (SSSR count). The van der Waals surface area contributed by atoms with Gasteiger partial charge in [0.05, 0.1) is 0 Å². The number of benzene rings is 1. The molecule has 7 heteroatoms. The van der Waals surface area contributed by atoms with Gasteiger partial charge < -0.3 is 20.3 Å². The van der Waals surface area contributed by atoms with E-state index in [2.05, 4.69) is 10.6 Å². The molecule has 0 aromatic heterocycles. The Morgan fingerprint density at radius 2 is 1.82 bits per heavy atom. The first kappa shape index (κ1) is 22.5. The molecule has 0 aliphatic carbocycles. The van der Waals surface area contributed by atoms with E-state index in [-0.39, 0.29) is 36.9 Å². The van der Waals surface area contributed by atoms with Gasteiger partial charge in [0.15, 0.2) is 6.61 Å². The Kier molecular flexibility index (Phi) is 8.58. The number of ether oxygens (including phenoxy) is 1. The second kappa shape index (κ2) is 10.7. The summed E-state index contributed by atoms with van der Waals surface area (Å²) in [5, 5.41) is 6.41. The maximum Gasteiger partial charge on any atom is 0.260 e. The molecule has 2 N–H and O–H groups in total. The predicted molar refractivity (Wildman–Crippen MR) is 112 cm³/mol. The summed E-state index contributed by atoms with van der Waals surface area (Å²) in [7, 11) is 0. The van der Waals surface area contributed by atoms with Gasteiger partial charge in [0.2, 0.25) is 0 Å². The van der Waals surface area contributed by atoms with Gasteiger partial charge in [-0.1, -0.05) is 0 Å². The second-order valence-corrected chi connectivity index (χ2v) is 7.69. The van der Waals surface area contributed by atoms with E-state index in [1.54, 1.807) is 0 Å². The van der Waals surface area contributed by atoms with E-state index >= 15 is 0 Å². The van der Waals surface area contributed by atoms with Gasteiger partial charge in [-0.25, -0.2) is 0 Å². The first-order valence-electron chi connectivity index (χ1n) is 10.1. The number of hydrogen-bond acceptors (Lipinski definition) is 4. The molecular formula is C21H32ClN3O3. The van der Waals surface area contributed by atoms with Crippen molar-refractivity contribution in [2.75, 3.05) is 32.8 Å². The number of carbonyl (C=O) groups is 2. The SMILES string of the molecule is Cc1cc(C(=O)NC2CCCNC2)cc(C)c1OCC(=O)N1CCCCC1.Cl. The second-order valence-electron chi connectivity index (χ2n) is 7.69. The summed E-state index contributed by atoms with van der Waals surface area (Å²) in [6.07, 6.45) is 5.44. The smallest absolute Gasteiger partial charge is 0.260 e. The summed E-state index contributed by atoms with van der Waals surface area (Å²) in [5.41, 5.74) is 2.41. The average molecular weight is 410 g/mol. The molecule has 1 atom stereocenters. The highest BCUT2D eigenvalue weighted by atomic mass is 35.5. The highest BCUT2D eigenvalue weighted by Crippen LogP contribution is 2.25. The number of amides is 2. The summed E-state index contributed by atoms with van der Waals surface area (Å²) in [4.78, 5) is 26.8. The number of likely N-dealkylation sites (tertiary alicyclic amines) is 1. The molecule has 2 saturated heterocycles. The van der Waals surface area contributed by atoms with Gasteiger partial charge in [-0.15, -0.1) is 12.4 Å². The highest BCUT2D eigenvalue weighted by molar-refractivity contribution is 5.95. The summed E-state index contributed by atoms with van der Waals surface area (Å²) in [6, 6.07) is 3.88. The van der Waals surface area contributed by atoms with Crippen LogP contribution in [0.4, 0.5) is 0 Å². The van der Waals surface area contributed by atoms with Gasteiger partial charge in [-0.3, -0.25) is 9.59 Å². The third-order valence-electron chi connectivity index (χ3n) is 5.40. The largest absolute Gasteiger partial charge is 0.483 e. The van der Waals surface area contributed by atoms with Gasteiger partial charge in [0, 0.05) is 31.2 Å². The van der Waals surface area contributed by atoms with Crippen LogP contribution in [0, 0.1) is 13.8 Å². The minimum atomic E-state index is -0.0501. The molecule has 0 radical (unpaired) electrons. The van der Waals surface area contributed by atoms with Crippen molar-refractivity contribution in [3.05, 3.63) is 28.8 Å². The highest BCUT2D eigenvalue weighted by Gasteiger charge is 2.20. The van der Waals surface area contributed by atoms with Gasteiger partial charge in [0.25, 0.3) is 11.8 Å². The number of piperidine rings is 2. The van der Waals surface area contributed by atoms with E-state index in [0.717, 1.165) is 63.0 Å². The Morgan fingerprint density at radius 3 is 2.43 bits per heavy atom. The van der Waals surface area contributed by atoms with Crippen LogP contribution >= 0.6 is 12.4 Å². The number of hydrogen-bond donors (Lipinski definition) is 2. The fourth-order valence-electron chi connectivity index (χ4n) is 3.92. The monoisotopic (exact) mass is 409 g/mol. The van der Waals surface area contributed by atoms with Crippen LogP contribution in [0.2, 0.25) is 0 Å². The molecule has 0 bridgehead atoms. The summed E-state index contributed by atoms with van der Waals surface area (Å²) >= 11 is 0. The number of nitrogens with zero attached hydrogens (tertiary/aromatic N) is 1. The quantitative estimate of drug-likeness (QED) is 0.784. The molecule has 0 saturated carbocycles. The van der Waals surface area contributed by atoms with E-state index in [1.165, 1.54) is 6.42 Å². The first-order chi connectivity index (χ1) is 13.0. The summed E-state index contributed by atoms with van der Waals surface area (Å²) < 4.78 is 5.83. The fraction of sp³-hybridized carbons (Fsp3) is 0.619. The van der Waals surface area contributed by atoms with Crippen molar-refractivity contribution in [1.29, 1.82) is 0 Å². The number of aryl methyl sites for hydroxylation is 2. The van der Waals surface area contributed by atoms with E-state index in [1.807, 2.05) is 30.9 Å². The molecule has 28 heavy (non-hydrogen) atoms. The Labute approximate surface area is 173 Å². The molecular weight excluding hydrogens is 378 g/mol. The third kappa shape index (κ3) is 5.85. The van der Waals surface area contributed by atoms with Crippen molar-refractivity contribution < 1.29 is 14.3 Å². The Morgan fingerprint density at radius 1 is 1.14 bits per heavy atom.